The van der Waals surface area contributed by atoms with E-state index in [1.54, 1.807) is 6.08 Å². The van der Waals surface area contributed by atoms with Gasteiger partial charge in [0, 0.05) is 17.5 Å². The van der Waals surface area contributed by atoms with Crippen LogP contribution in [0.4, 0.5) is 13.2 Å². The largest absolute Gasteiger partial charge is 0.416 e. The summed E-state index contributed by atoms with van der Waals surface area (Å²) < 4.78 is 38.5. The summed E-state index contributed by atoms with van der Waals surface area (Å²) in [6, 6.07) is 3.79. The van der Waals surface area contributed by atoms with Gasteiger partial charge in [0.1, 0.15) is 0 Å². The molecule has 17 heavy (non-hydrogen) atoms. The van der Waals surface area contributed by atoms with Gasteiger partial charge in [0.2, 0.25) is 0 Å². The number of halogens is 4. The molecule has 1 heterocycles. The summed E-state index contributed by atoms with van der Waals surface area (Å²) in [4.78, 5) is 0. The highest BCUT2D eigenvalue weighted by atomic mass is 35.5. The molecule has 0 aromatic heterocycles. The molecule has 1 aromatic carbocycles. The van der Waals surface area contributed by atoms with E-state index in [0.717, 1.165) is 6.07 Å². The maximum atomic E-state index is 12.8. The van der Waals surface area contributed by atoms with Gasteiger partial charge >= 0.3 is 6.18 Å². The minimum Gasteiger partial charge on any atom is -0.386 e. The van der Waals surface area contributed by atoms with E-state index in [1.807, 2.05) is 0 Å². The predicted octanol–water partition coefficient (Wildman–Crippen LogP) is 2.85. The molecule has 1 unspecified atom stereocenters. The van der Waals surface area contributed by atoms with Crippen LogP contribution in [0.15, 0.2) is 30.1 Å². The third-order valence-corrected chi connectivity index (χ3v) is 2.86. The van der Waals surface area contributed by atoms with Crippen molar-refractivity contribution in [3.05, 3.63) is 46.2 Å². The van der Waals surface area contributed by atoms with Crippen molar-refractivity contribution < 1.29 is 13.2 Å². The first-order chi connectivity index (χ1) is 7.88. The van der Waals surface area contributed by atoms with Crippen molar-refractivity contribution in [2.24, 2.45) is 5.73 Å². The maximum Gasteiger partial charge on any atom is 0.416 e. The van der Waals surface area contributed by atoms with Gasteiger partial charge < -0.3 is 11.1 Å². The molecule has 0 amide bonds. The van der Waals surface area contributed by atoms with E-state index in [4.69, 9.17) is 17.3 Å². The standard InChI is InChI=1S/C11H10ClF3N2/c12-7-1-2-8(6-3-10(16)17-5-6)9(4-7)11(13,14)15/h1-4,6,17H,5,16H2. The van der Waals surface area contributed by atoms with Gasteiger partial charge in [-0.25, -0.2) is 0 Å². The fourth-order valence-electron chi connectivity index (χ4n) is 1.86. The van der Waals surface area contributed by atoms with Crippen molar-refractivity contribution in [3.8, 4) is 0 Å². The van der Waals surface area contributed by atoms with Crippen LogP contribution in [0, 0.1) is 0 Å². The van der Waals surface area contributed by atoms with Gasteiger partial charge in [-0.15, -0.1) is 0 Å². The van der Waals surface area contributed by atoms with Gasteiger partial charge in [-0.2, -0.15) is 13.2 Å². The van der Waals surface area contributed by atoms with Crippen LogP contribution in [-0.4, -0.2) is 6.54 Å². The van der Waals surface area contributed by atoms with Crippen LogP contribution in [0.3, 0.4) is 0 Å². The van der Waals surface area contributed by atoms with Crippen molar-refractivity contribution >= 4 is 11.6 Å². The van der Waals surface area contributed by atoms with E-state index in [-0.39, 0.29) is 16.5 Å². The van der Waals surface area contributed by atoms with E-state index < -0.39 is 11.7 Å². The maximum absolute atomic E-state index is 12.8. The second-order valence-corrected chi connectivity index (χ2v) is 4.28. The lowest BCUT2D eigenvalue weighted by Gasteiger charge is -2.16. The number of benzene rings is 1. The quantitative estimate of drug-likeness (QED) is 0.817. The van der Waals surface area contributed by atoms with Crippen molar-refractivity contribution in [1.29, 1.82) is 0 Å². The van der Waals surface area contributed by atoms with E-state index in [2.05, 4.69) is 5.32 Å². The molecular weight excluding hydrogens is 253 g/mol. The molecule has 2 nitrogen and oxygen atoms in total. The molecule has 1 atom stereocenters. The molecule has 3 N–H and O–H groups in total. The minimum atomic E-state index is -4.41. The first-order valence-electron chi connectivity index (χ1n) is 4.96. The summed E-state index contributed by atoms with van der Waals surface area (Å²) in [5, 5.41) is 2.87. The average Bonchev–Trinajstić information content (AvgIpc) is 2.63. The molecule has 0 saturated carbocycles. The van der Waals surface area contributed by atoms with Crippen LogP contribution in [0.1, 0.15) is 17.0 Å². The number of alkyl halides is 3. The van der Waals surface area contributed by atoms with E-state index >= 15 is 0 Å². The molecule has 0 radical (unpaired) electrons. The minimum absolute atomic E-state index is 0.0731. The Hall–Kier alpha value is -1.36. The highest BCUT2D eigenvalue weighted by Gasteiger charge is 2.35. The molecule has 1 aromatic rings. The molecule has 0 aliphatic carbocycles. The SMILES string of the molecule is NC1=CC(c2ccc(Cl)cc2C(F)(F)F)CN1. The molecule has 0 bridgehead atoms. The Balaban J connectivity index is 2.47. The zero-order valence-electron chi connectivity index (χ0n) is 8.68. The first kappa shape index (κ1) is 12.1. The lowest BCUT2D eigenvalue weighted by atomic mass is 9.95. The summed E-state index contributed by atoms with van der Waals surface area (Å²) in [5.74, 6) is 0.0296. The van der Waals surface area contributed by atoms with E-state index in [0.29, 0.717) is 12.4 Å². The van der Waals surface area contributed by atoms with Crippen molar-refractivity contribution in [2.45, 2.75) is 12.1 Å². The van der Waals surface area contributed by atoms with E-state index in [9.17, 15) is 13.2 Å². The summed E-state index contributed by atoms with van der Waals surface area (Å²) in [6.45, 7) is 0.372. The fraction of sp³-hybridized carbons (Fsp3) is 0.273. The number of hydrogen-bond acceptors (Lipinski definition) is 2. The van der Waals surface area contributed by atoms with Crippen LogP contribution in [0.5, 0.6) is 0 Å². The fourth-order valence-corrected chi connectivity index (χ4v) is 2.03. The molecule has 6 heteroatoms. The highest BCUT2D eigenvalue weighted by Crippen LogP contribution is 2.37. The van der Waals surface area contributed by atoms with E-state index in [1.165, 1.54) is 12.1 Å². The number of nitrogens with two attached hydrogens (primary N) is 1. The van der Waals surface area contributed by atoms with Crippen molar-refractivity contribution in [2.75, 3.05) is 6.54 Å². The topological polar surface area (TPSA) is 38.0 Å². The summed E-state index contributed by atoms with van der Waals surface area (Å²) >= 11 is 5.60. The molecule has 92 valence electrons. The Morgan fingerprint density at radius 1 is 1.35 bits per heavy atom. The predicted molar refractivity (Wildman–Crippen MR) is 59.5 cm³/mol. The highest BCUT2D eigenvalue weighted by molar-refractivity contribution is 6.30. The second-order valence-electron chi connectivity index (χ2n) is 3.84. The number of hydrogen-bond donors (Lipinski definition) is 2. The monoisotopic (exact) mass is 262 g/mol. The smallest absolute Gasteiger partial charge is 0.386 e. The average molecular weight is 263 g/mol. The Labute approximate surface area is 101 Å². The Morgan fingerprint density at radius 2 is 2.06 bits per heavy atom. The normalized spacial score (nSPS) is 20.0. The Morgan fingerprint density at radius 3 is 2.59 bits per heavy atom. The molecule has 1 aliphatic heterocycles. The summed E-state index contributed by atoms with van der Waals surface area (Å²) in [7, 11) is 0. The van der Waals surface area contributed by atoms with Gasteiger partial charge in [-0.1, -0.05) is 17.7 Å². The van der Waals surface area contributed by atoms with Crippen LogP contribution in [0.25, 0.3) is 0 Å². The Kier molecular flexibility index (Phi) is 2.95. The van der Waals surface area contributed by atoms with Crippen LogP contribution < -0.4 is 11.1 Å². The van der Waals surface area contributed by atoms with Gasteiger partial charge in [-0.05, 0) is 23.8 Å². The van der Waals surface area contributed by atoms with Gasteiger partial charge in [0.15, 0.2) is 0 Å². The van der Waals surface area contributed by atoms with Crippen LogP contribution in [0.2, 0.25) is 5.02 Å². The zero-order chi connectivity index (χ0) is 12.6. The van der Waals surface area contributed by atoms with Gasteiger partial charge in [0.05, 0.1) is 11.4 Å². The second kappa shape index (κ2) is 4.14. The van der Waals surface area contributed by atoms with Crippen LogP contribution in [-0.2, 0) is 6.18 Å². The van der Waals surface area contributed by atoms with Crippen LogP contribution >= 0.6 is 11.6 Å². The molecule has 0 saturated heterocycles. The first-order valence-corrected chi connectivity index (χ1v) is 5.33. The third kappa shape index (κ3) is 2.49. The molecule has 2 rings (SSSR count). The molecule has 0 spiro atoms. The molecule has 1 aliphatic rings. The van der Waals surface area contributed by atoms with Crippen molar-refractivity contribution in [3.63, 3.8) is 0 Å². The van der Waals surface area contributed by atoms with Gasteiger partial charge in [-0.3, -0.25) is 0 Å². The molecule has 0 fully saturated rings. The summed E-state index contributed by atoms with van der Waals surface area (Å²) in [5.41, 5.74) is 4.98. The van der Waals surface area contributed by atoms with Crippen molar-refractivity contribution in [1.82, 2.24) is 5.32 Å². The number of nitrogens with one attached hydrogen (secondary N) is 1. The lowest BCUT2D eigenvalue weighted by molar-refractivity contribution is -0.138. The molecular formula is C11H10ClF3N2. The Bertz CT molecular complexity index is 468. The zero-order valence-corrected chi connectivity index (χ0v) is 9.44. The lowest BCUT2D eigenvalue weighted by Crippen LogP contribution is -2.17. The number of rotatable bonds is 1. The third-order valence-electron chi connectivity index (χ3n) is 2.63. The summed E-state index contributed by atoms with van der Waals surface area (Å²) in [6.07, 6.45) is -2.83. The van der Waals surface area contributed by atoms with Gasteiger partial charge in [0.25, 0.3) is 0 Å².